The van der Waals surface area contributed by atoms with Crippen LogP contribution in [0.25, 0.3) is 12.2 Å². The van der Waals surface area contributed by atoms with Crippen LogP contribution in [0, 0.1) is 18.3 Å². The molecule has 0 fully saturated rings. The number of benzene rings is 2. The Morgan fingerprint density at radius 2 is 1.26 bits per heavy atom. The van der Waals surface area contributed by atoms with E-state index in [2.05, 4.69) is 43.3 Å². The molecule has 0 saturated carbocycles. The standard InChI is InChI=1S/C18H15N/c1-15-6-8-16(9-7-15)4-2-3-5-17-10-12-18(14-19)13-11-17/h2-13H,1H3/b4-2+,5-3+. The van der Waals surface area contributed by atoms with Crippen molar-refractivity contribution in [2.24, 2.45) is 0 Å². The third-order valence-corrected chi connectivity index (χ3v) is 2.81. The Bertz CT molecular complexity index is 623. The van der Waals surface area contributed by atoms with Crippen molar-refractivity contribution in [1.29, 1.82) is 5.26 Å². The van der Waals surface area contributed by atoms with E-state index in [1.165, 1.54) is 11.1 Å². The molecular weight excluding hydrogens is 230 g/mol. The zero-order chi connectivity index (χ0) is 13.5. The predicted molar refractivity (Wildman–Crippen MR) is 80.4 cm³/mol. The van der Waals surface area contributed by atoms with E-state index < -0.39 is 0 Å². The third kappa shape index (κ3) is 3.97. The molecule has 0 amide bonds. The van der Waals surface area contributed by atoms with Gasteiger partial charge in [-0.1, -0.05) is 66.3 Å². The minimum atomic E-state index is 0.687. The van der Waals surface area contributed by atoms with E-state index in [4.69, 9.17) is 5.26 Å². The molecule has 0 spiro atoms. The number of hydrogen-bond donors (Lipinski definition) is 0. The summed E-state index contributed by atoms with van der Waals surface area (Å²) in [6, 6.07) is 18.0. The average molecular weight is 245 g/mol. The van der Waals surface area contributed by atoms with Crippen LogP contribution in [-0.4, -0.2) is 0 Å². The highest BCUT2D eigenvalue weighted by molar-refractivity contribution is 5.57. The Kier molecular flexibility index (Phi) is 4.31. The van der Waals surface area contributed by atoms with Crippen LogP contribution in [0.1, 0.15) is 22.3 Å². The molecule has 1 heteroatoms. The highest BCUT2D eigenvalue weighted by Gasteiger charge is 1.88. The quantitative estimate of drug-likeness (QED) is 0.725. The molecule has 0 unspecified atom stereocenters. The van der Waals surface area contributed by atoms with Gasteiger partial charge in [0.15, 0.2) is 0 Å². The molecule has 0 atom stereocenters. The summed E-state index contributed by atoms with van der Waals surface area (Å²) in [5, 5.41) is 8.71. The molecule has 0 radical (unpaired) electrons. The number of aryl methyl sites for hydroxylation is 1. The van der Waals surface area contributed by atoms with Gasteiger partial charge in [0.1, 0.15) is 0 Å². The van der Waals surface area contributed by atoms with Gasteiger partial charge in [-0.25, -0.2) is 0 Å². The first-order chi connectivity index (χ1) is 9.28. The molecule has 92 valence electrons. The maximum atomic E-state index is 8.71. The first kappa shape index (κ1) is 12.9. The van der Waals surface area contributed by atoms with Gasteiger partial charge in [0, 0.05) is 0 Å². The number of rotatable bonds is 3. The van der Waals surface area contributed by atoms with Gasteiger partial charge >= 0.3 is 0 Å². The molecule has 1 nitrogen and oxygen atoms in total. The smallest absolute Gasteiger partial charge is 0.0991 e. The van der Waals surface area contributed by atoms with E-state index >= 15 is 0 Å². The van der Waals surface area contributed by atoms with Crippen LogP contribution in [0.4, 0.5) is 0 Å². The zero-order valence-electron chi connectivity index (χ0n) is 10.9. The predicted octanol–water partition coefficient (Wildman–Crippen LogP) is 4.59. The van der Waals surface area contributed by atoms with Crippen LogP contribution in [-0.2, 0) is 0 Å². The average Bonchev–Trinajstić information content (AvgIpc) is 2.46. The number of hydrogen-bond acceptors (Lipinski definition) is 1. The number of nitrogens with zero attached hydrogens (tertiary/aromatic N) is 1. The molecule has 2 rings (SSSR count). The van der Waals surface area contributed by atoms with E-state index in [-0.39, 0.29) is 0 Å². The van der Waals surface area contributed by atoms with Crippen molar-refractivity contribution < 1.29 is 0 Å². The van der Waals surface area contributed by atoms with Crippen LogP contribution >= 0.6 is 0 Å². The summed E-state index contributed by atoms with van der Waals surface area (Å²) in [5.74, 6) is 0. The van der Waals surface area contributed by atoms with Crippen molar-refractivity contribution in [2.75, 3.05) is 0 Å². The SMILES string of the molecule is Cc1ccc(/C=C/C=C/c2ccc(C#N)cc2)cc1. The lowest BCUT2D eigenvalue weighted by atomic mass is 10.1. The van der Waals surface area contributed by atoms with Gasteiger partial charge in [-0.05, 0) is 30.2 Å². The molecule has 0 aliphatic carbocycles. The van der Waals surface area contributed by atoms with E-state index in [1.54, 1.807) is 0 Å². The van der Waals surface area contributed by atoms with Gasteiger partial charge in [0.25, 0.3) is 0 Å². The van der Waals surface area contributed by atoms with Gasteiger partial charge < -0.3 is 0 Å². The summed E-state index contributed by atoms with van der Waals surface area (Å²) in [6.45, 7) is 2.08. The molecular formula is C18H15N. The summed E-state index contributed by atoms with van der Waals surface area (Å²) in [4.78, 5) is 0. The van der Waals surface area contributed by atoms with Crippen LogP contribution in [0.15, 0.2) is 60.7 Å². The lowest BCUT2D eigenvalue weighted by Gasteiger charge is -1.94. The largest absolute Gasteiger partial charge is 0.192 e. The lowest BCUT2D eigenvalue weighted by Crippen LogP contribution is -1.74. The zero-order valence-corrected chi connectivity index (χ0v) is 10.9. The highest BCUT2D eigenvalue weighted by atomic mass is 14.2. The molecule has 0 bridgehead atoms. The lowest BCUT2D eigenvalue weighted by molar-refractivity contribution is 1.46. The first-order valence-electron chi connectivity index (χ1n) is 6.19. The van der Waals surface area contributed by atoms with Crippen molar-refractivity contribution in [3.05, 3.63) is 82.9 Å². The second-order valence-corrected chi connectivity index (χ2v) is 4.36. The van der Waals surface area contributed by atoms with Crippen LogP contribution < -0.4 is 0 Å². The maximum Gasteiger partial charge on any atom is 0.0991 e. The fourth-order valence-corrected chi connectivity index (χ4v) is 1.68. The van der Waals surface area contributed by atoms with E-state index in [0.29, 0.717) is 5.56 Å². The van der Waals surface area contributed by atoms with Gasteiger partial charge in [-0.15, -0.1) is 0 Å². The molecule has 0 saturated heterocycles. The fraction of sp³-hybridized carbons (Fsp3) is 0.0556. The van der Waals surface area contributed by atoms with E-state index in [0.717, 1.165) is 5.56 Å². The van der Waals surface area contributed by atoms with Gasteiger partial charge in [-0.2, -0.15) is 5.26 Å². The summed E-state index contributed by atoms with van der Waals surface area (Å²) in [5.41, 5.74) is 4.24. The second-order valence-electron chi connectivity index (χ2n) is 4.36. The Balaban J connectivity index is 1.99. The molecule has 19 heavy (non-hydrogen) atoms. The minimum Gasteiger partial charge on any atom is -0.192 e. The number of allylic oxidation sites excluding steroid dienone is 2. The molecule has 0 N–H and O–H groups in total. The summed E-state index contributed by atoms with van der Waals surface area (Å²) >= 11 is 0. The van der Waals surface area contributed by atoms with Crippen molar-refractivity contribution >= 4 is 12.2 Å². The van der Waals surface area contributed by atoms with E-state index in [1.807, 2.05) is 42.5 Å². The molecule has 0 aliphatic heterocycles. The molecule has 0 aromatic heterocycles. The molecule has 2 aromatic carbocycles. The van der Waals surface area contributed by atoms with Crippen molar-refractivity contribution in [1.82, 2.24) is 0 Å². The maximum absolute atomic E-state index is 8.71. The summed E-state index contributed by atoms with van der Waals surface area (Å²) in [7, 11) is 0. The van der Waals surface area contributed by atoms with Crippen LogP contribution in [0.3, 0.4) is 0 Å². The van der Waals surface area contributed by atoms with Gasteiger partial charge in [0.05, 0.1) is 11.6 Å². The normalized spacial score (nSPS) is 10.9. The molecule has 0 heterocycles. The van der Waals surface area contributed by atoms with Crippen molar-refractivity contribution in [3.8, 4) is 6.07 Å². The van der Waals surface area contributed by atoms with Crippen LogP contribution in [0.5, 0.6) is 0 Å². The third-order valence-electron chi connectivity index (χ3n) is 2.81. The van der Waals surface area contributed by atoms with Crippen molar-refractivity contribution in [2.45, 2.75) is 6.92 Å². The Labute approximate surface area is 114 Å². The number of nitriles is 1. The first-order valence-corrected chi connectivity index (χ1v) is 6.19. The molecule has 2 aromatic rings. The summed E-state index contributed by atoms with van der Waals surface area (Å²) < 4.78 is 0. The minimum absolute atomic E-state index is 0.687. The Morgan fingerprint density at radius 3 is 1.74 bits per heavy atom. The van der Waals surface area contributed by atoms with E-state index in [9.17, 15) is 0 Å². The Morgan fingerprint density at radius 1 is 0.789 bits per heavy atom. The second kappa shape index (κ2) is 6.37. The summed E-state index contributed by atoms with van der Waals surface area (Å²) in [6.07, 6.45) is 8.11. The fourth-order valence-electron chi connectivity index (χ4n) is 1.68. The van der Waals surface area contributed by atoms with Crippen LogP contribution in [0.2, 0.25) is 0 Å². The van der Waals surface area contributed by atoms with Crippen molar-refractivity contribution in [3.63, 3.8) is 0 Å². The Hall–Kier alpha value is -2.59. The highest BCUT2D eigenvalue weighted by Crippen LogP contribution is 2.07. The monoisotopic (exact) mass is 245 g/mol. The topological polar surface area (TPSA) is 23.8 Å². The van der Waals surface area contributed by atoms with Gasteiger partial charge in [0.2, 0.25) is 0 Å². The molecule has 0 aliphatic rings. The van der Waals surface area contributed by atoms with Gasteiger partial charge in [-0.3, -0.25) is 0 Å².